The van der Waals surface area contributed by atoms with E-state index in [2.05, 4.69) is 10.6 Å². The zero-order chi connectivity index (χ0) is 13.8. The molecule has 2 N–H and O–H groups in total. The molecule has 1 aliphatic rings. The van der Waals surface area contributed by atoms with Gasteiger partial charge in [0, 0.05) is 24.2 Å². The first-order chi connectivity index (χ1) is 9.10. The van der Waals surface area contributed by atoms with Gasteiger partial charge in [0.2, 0.25) is 0 Å². The van der Waals surface area contributed by atoms with Crippen molar-refractivity contribution in [3.8, 4) is 5.75 Å². The van der Waals surface area contributed by atoms with Crippen LogP contribution in [-0.2, 0) is 4.79 Å². The molecule has 1 aliphatic heterocycles. The van der Waals surface area contributed by atoms with Crippen LogP contribution in [0.25, 0.3) is 0 Å². The topological polar surface area (TPSA) is 67.4 Å². The summed E-state index contributed by atoms with van der Waals surface area (Å²) in [6.45, 7) is 2.51. The lowest BCUT2D eigenvalue weighted by atomic mass is 10.1. The SMILES string of the molecule is COc1ccc(C(=O)/C=C2\NC[C@H](C)NC2=O)cc1. The Morgan fingerprint density at radius 2 is 2.05 bits per heavy atom. The van der Waals surface area contributed by atoms with Crippen molar-refractivity contribution in [2.75, 3.05) is 13.7 Å². The summed E-state index contributed by atoms with van der Waals surface area (Å²) in [4.78, 5) is 23.7. The average molecular weight is 260 g/mol. The third-order valence-corrected chi connectivity index (χ3v) is 2.87. The minimum atomic E-state index is -0.249. The molecule has 5 heteroatoms. The van der Waals surface area contributed by atoms with Crippen LogP contribution in [0.5, 0.6) is 5.75 Å². The van der Waals surface area contributed by atoms with Gasteiger partial charge in [-0.1, -0.05) is 0 Å². The lowest BCUT2D eigenvalue weighted by Gasteiger charge is -2.23. The number of amides is 1. The van der Waals surface area contributed by atoms with E-state index < -0.39 is 0 Å². The van der Waals surface area contributed by atoms with Crippen LogP contribution in [0.2, 0.25) is 0 Å². The van der Waals surface area contributed by atoms with Crippen LogP contribution in [0.15, 0.2) is 36.0 Å². The minimum absolute atomic E-state index is 0.0701. The Morgan fingerprint density at radius 1 is 1.37 bits per heavy atom. The number of rotatable bonds is 3. The van der Waals surface area contributed by atoms with E-state index in [1.165, 1.54) is 6.08 Å². The summed E-state index contributed by atoms with van der Waals surface area (Å²) in [6, 6.07) is 6.83. The maximum Gasteiger partial charge on any atom is 0.267 e. The summed E-state index contributed by atoms with van der Waals surface area (Å²) in [5.74, 6) is 0.224. The number of piperazine rings is 1. The first-order valence-corrected chi connectivity index (χ1v) is 6.05. The van der Waals surface area contributed by atoms with Crippen molar-refractivity contribution in [2.24, 2.45) is 0 Å². The van der Waals surface area contributed by atoms with Gasteiger partial charge in [-0.2, -0.15) is 0 Å². The molecule has 1 atom stereocenters. The summed E-state index contributed by atoms with van der Waals surface area (Å²) < 4.78 is 5.02. The molecule has 1 heterocycles. The summed E-state index contributed by atoms with van der Waals surface area (Å²) in [5.41, 5.74) is 0.820. The molecule has 0 aliphatic carbocycles. The van der Waals surface area contributed by atoms with Crippen LogP contribution in [-0.4, -0.2) is 31.4 Å². The third-order valence-electron chi connectivity index (χ3n) is 2.87. The first kappa shape index (κ1) is 13.1. The smallest absolute Gasteiger partial charge is 0.267 e. The first-order valence-electron chi connectivity index (χ1n) is 6.05. The Kier molecular flexibility index (Phi) is 3.85. The maximum atomic E-state index is 12.0. The number of nitrogens with one attached hydrogen (secondary N) is 2. The van der Waals surface area contributed by atoms with Crippen molar-refractivity contribution in [3.63, 3.8) is 0 Å². The van der Waals surface area contributed by atoms with Gasteiger partial charge < -0.3 is 15.4 Å². The molecule has 5 nitrogen and oxygen atoms in total. The van der Waals surface area contributed by atoms with Crippen molar-refractivity contribution in [1.82, 2.24) is 10.6 Å². The van der Waals surface area contributed by atoms with Gasteiger partial charge in [-0.25, -0.2) is 0 Å². The molecule has 0 aromatic heterocycles. The fourth-order valence-electron chi connectivity index (χ4n) is 1.78. The molecule has 0 bridgehead atoms. The molecular formula is C14H16N2O3. The number of benzene rings is 1. The molecule has 1 amide bonds. The number of methoxy groups -OCH3 is 1. The normalized spacial score (nSPS) is 20.6. The number of hydrogen-bond donors (Lipinski definition) is 2. The van der Waals surface area contributed by atoms with Crippen molar-refractivity contribution in [2.45, 2.75) is 13.0 Å². The van der Waals surface area contributed by atoms with Gasteiger partial charge in [0.05, 0.1) is 7.11 Å². The van der Waals surface area contributed by atoms with Crippen molar-refractivity contribution >= 4 is 11.7 Å². The maximum absolute atomic E-state index is 12.0. The zero-order valence-electron chi connectivity index (χ0n) is 10.9. The van der Waals surface area contributed by atoms with Gasteiger partial charge in [0.25, 0.3) is 5.91 Å². The van der Waals surface area contributed by atoms with Crippen molar-refractivity contribution in [3.05, 3.63) is 41.6 Å². The molecular weight excluding hydrogens is 244 g/mol. The highest BCUT2D eigenvalue weighted by Crippen LogP contribution is 2.12. The fourth-order valence-corrected chi connectivity index (χ4v) is 1.78. The van der Waals surface area contributed by atoms with Gasteiger partial charge in [-0.05, 0) is 31.2 Å². The zero-order valence-corrected chi connectivity index (χ0v) is 10.9. The number of ketones is 1. The summed E-state index contributed by atoms with van der Waals surface area (Å²) in [5, 5.41) is 5.71. The predicted octanol–water partition coefficient (Wildman–Crippen LogP) is 0.870. The number of hydrogen-bond acceptors (Lipinski definition) is 4. The predicted molar refractivity (Wildman–Crippen MR) is 71.0 cm³/mol. The molecule has 0 unspecified atom stereocenters. The summed E-state index contributed by atoms with van der Waals surface area (Å²) >= 11 is 0. The largest absolute Gasteiger partial charge is 0.497 e. The molecule has 1 aromatic rings. The minimum Gasteiger partial charge on any atom is -0.497 e. The van der Waals surface area contributed by atoms with Crippen LogP contribution in [0.4, 0.5) is 0 Å². The monoisotopic (exact) mass is 260 g/mol. The summed E-state index contributed by atoms with van der Waals surface area (Å²) in [7, 11) is 1.57. The van der Waals surface area contributed by atoms with Crippen molar-refractivity contribution in [1.29, 1.82) is 0 Å². The van der Waals surface area contributed by atoms with E-state index in [1.807, 2.05) is 6.92 Å². The van der Waals surface area contributed by atoms with Gasteiger partial charge in [-0.3, -0.25) is 9.59 Å². The molecule has 0 saturated carbocycles. The number of carbonyl (C=O) groups excluding carboxylic acids is 2. The third kappa shape index (κ3) is 3.13. The molecule has 1 aromatic carbocycles. The van der Waals surface area contributed by atoms with E-state index in [0.29, 0.717) is 23.6 Å². The van der Waals surface area contributed by atoms with Crippen LogP contribution in [0, 0.1) is 0 Å². The lowest BCUT2D eigenvalue weighted by molar-refractivity contribution is -0.119. The lowest BCUT2D eigenvalue weighted by Crippen LogP contribution is -2.49. The average Bonchev–Trinajstić information content (AvgIpc) is 2.42. The second-order valence-electron chi connectivity index (χ2n) is 4.41. The van der Waals surface area contributed by atoms with Crippen LogP contribution < -0.4 is 15.4 Å². The number of carbonyl (C=O) groups is 2. The number of allylic oxidation sites excluding steroid dienone is 1. The quantitative estimate of drug-likeness (QED) is 0.625. The molecule has 0 radical (unpaired) electrons. The van der Waals surface area contributed by atoms with E-state index >= 15 is 0 Å². The molecule has 19 heavy (non-hydrogen) atoms. The highest BCUT2D eigenvalue weighted by atomic mass is 16.5. The second-order valence-corrected chi connectivity index (χ2v) is 4.41. The second kappa shape index (κ2) is 5.56. The van der Waals surface area contributed by atoms with Gasteiger partial charge in [-0.15, -0.1) is 0 Å². The highest BCUT2D eigenvalue weighted by Gasteiger charge is 2.19. The molecule has 1 fully saturated rings. The number of ether oxygens (including phenoxy) is 1. The molecule has 100 valence electrons. The Bertz CT molecular complexity index is 520. The molecule has 0 spiro atoms. The standard InChI is InChI=1S/C14H16N2O3/c1-9-8-15-12(14(18)16-9)7-13(17)10-3-5-11(19-2)6-4-10/h3-7,9,15H,8H2,1-2H3,(H,16,18)/b12-7-/t9-/m0/s1. The molecule has 1 saturated heterocycles. The van der Waals surface area contributed by atoms with Crippen LogP contribution >= 0.6 is 0 Å². The van der Waals surface area contributed by atoms with Gasteiger partial charge in [0.15, 0.2) is 5.78 Å². The highest BCUT2D eigenvalue weighted by molar-refractivity contribution is 6.09. The van der Waals surface area contributed by atoms with E-state index in [0.717, 1.165) is 0 Å². The van der Waals surface area contributed by atoms with Crippen LogP contribution in [0.1, 0.15) is 17.3 Å². The van der Waals surface area contributed by atoms with E-state index in [-0.39, 0.29) is 17.7 Å². The fraction of sp³-hybridized carbons (Fsp3) is 0.286. The van der Waals surface area contributed by atoms with Gasteiger partial charge >= 0.3 is 0 Å². The Balaban J connectivity index is 2.13. The van der Waals surface area contributed by atoms with E-state index in [1.54, 1.807) is 31.4 Å². The van der Waals surface area contributed by atoms with Crippen LogP contribution in [0.3, 0.4) is 0 Å². The van der Waals surface area contributed by atoms with E-state index in [9.17, 15) is 9.59 Å². The Morgan fingerprint density at radius 3 is 2.63 bits per heavy atom. The summed E-state index contributed by atoms with van der Waals surface area (Å²) in [6.07, 6.45) is 1.32. The Labute approximate surface area is 111 Å². The molecule has 2 rings (SSSR count). The van der Waals surface area contributed by atoms with E-state index in [4.69, 9.17) is 4.74 Å². The Hall–Kier alpha value is -2.30. The van der Waals surface area contributed by atoms with Crippen molar-refractivity contribution < 1.29 is 14.3 Å². The van der Waals surface area contributed by atoms with Gasteiger partial charge in [0.1, 0.15) is 11.4 Å².